The van der Waals surface area contributed by atoms with E-state index in [1.807, 2.05) is 0 Å². The molecule has 0 bridgehead atoms. The van der Waals surface area contributed by atoms with Crippen molar-refractivity contribution in [1.29, 1.82) is 0 Å². The Labute approximate surface area is 96.6 Å². The molecule has 0 amide bonds. The average molecular weight is 228 g/mol. The molecule has 1 saturated heterocycles. The van der Waals surface area contributed by atoms with Crippen LogP contribution in [0.4, 0.5) is 0 Å². The first-order chi connectivity index (χ1) is 7.60. The minimum absolute atomic E-state index is 0.0284. The van der Waals surface area contributed by atoms with E-state index in [2.05, 4.69) is 13.8 Å². The first kappa shape index (κ1) is 13.0. The molecule has 4 nitrogen and oxygen atoms in total. The third-order valence-corrected chi connectivity index (χ3v) is 2.71. The third kappa shape index (κ3) is 2.98. The zero-order valence-corrected chi connectivity index (χ0v) is 10.4. The molecular weight excluding hydrogens is 208 g/mol. The summed E-state index contributed by atoms with van der Waals surface area (Å²) in [5, 5.41) is 0. The molecule has 0 saturated carbocycles. The number of methoxy groups -OCH3 is 1. The summed E-state index contributed by atoms with van der Waals surface area (Å²) in [6.07, 6.45) is 1.47. The molecule has 16 heavy (non-hydrogen) atoms. The van der Waals surface area contributed by atoms with Crippen LogP contribution in [0.15, 0.2) is 11.8 Å². The molecule has 0 spiro atoms. The highest BCUT2D eigenvalue weighted by Crippen LogP contribution is 2.33. The van der Waals surface area contributed by atoms with Gasteiger partial charge in [-0.2, -0.15) is 0 Å². The lowest BCUT2D eigenvalue weighted by atomic mass is 9.90. The second-order valence-electron chi connectivity index (χ2n) is 4.15. The van der Waals surface area contributed by atoms with Gasteiger partial charge in [-0.25, -0.2) is 4.79 Å². The van der Waals surface area contributed by atoms with E-state index in [9.17, 15) is 4.79 Å². The normalized spacial score (nSPS) is 27.2. The van der Waals surface area contributed by atoms with Gasteiger partial charge in [0.15, 0.2) is 0 Å². The van der Waals surface area contributed by atoms with Gasteiger partial charge in [-0.3, -0.25) is 0 Å². The molecule has 0 aromatic rings. The summed E-state index contributed by atoms with van der Waals surface area (Å²) in [7, 11) is 1.66. The number of rotatable bonds is 4. The topological polar surface area (TPSA) is 44.8 Å². The molecule has 4 heteroatoms. The number of carbonyl (C=O) groups excluding carboxylic acids is 1. The van der Waals surface area contributed by atoms with Crippen LogP contribution >= 0.6 is 0 Å². The molecule has 0 aliphatic carbocycles. The second kappa shape index (κ2) is 5.89. The smallest absolute Gasteiger partial charge is 0.334 e. The van der Waals surface area contributed by atoms with Crippen molar-refractivity contribution in [2.45, 2.75) is 26.9 Å². The van der Waals surface area contributed by atoms with Gasteiger partial charge in [0.2, 0.25) is 0 Å². The van der Waals surface area contributed by atoms with E-state index in [0.29, 0.717) is 24.9 Å². The Kier molecular flexibility index (Phi) is 4.80. The summed E-state index contributed by atoms with van der Waals surface area (Å²) in [5.41, 5.74) is 0. The van der Waals surface area contributed by atoms with Gasteiger partial charge in [0.05, 0.1) is 12.7 Å². The number of hydrogen-bond acceptors (Lipinski definition) is 4. The first-order valence-corrected chi connectivity index (χ1v) is 5.64. The molecule has 0 N–H and O–H groups in total. The Morgan fingerprint density at radius 1 is 1.62 bits per heavy atom. The van der Waals surface area contributed by atoms with Gasteiger partial charge in [0.1, 0.15) is 18.5 Å². The van der Waals surface area contributed by atoms with Crippen LogP contribution in [0, 0.1) is 11.8 Å². The number of carbonyl (C=O) groups is 1. The van der Waals surface area contributed by atoms with Crippen molar-refractivity contribution in [3.05, 3.63) is 11.8 Å². The number of ether oxygens (including phenoxy) is 3. The minimum Gasteiger partial charge on any atom is -0.495 e. The summed E-state index contributed by atoms with van der Waals surface area (Å²) in [5.74, 6) is 0.836. The first-order valence-electron chi connectivity index (χ1n) is 5.64. The molecule has 0 aromatic carbocycles. The Morgan fingerprint density at radius 2 is 2.31 bits per heavy atom. The largest absolute Gasteiger partial charge is 0.495 e. The van der Waals surface area contributed by atoms with Gasteiger partial charge in [-0.05, 0) is 12.8 Å². The van der Waals surface area contributed by atoms with Gasteiger partial charge in [-0.15, -0.1) is 0 Å². The van der Waals surface area contributed by atoms with Crippen molar-refractivity contribution in [1.82, 2.24) is 0 Å². The van der Waals surface area contributed by atoms with Gasteiger partial charge >= 0.3 is 5.97 Å². The predicted octanol–water partition coefficient (Wildman–Crippen LogP) is 1.75. The highest BCUT2D eigenvalue weighted by atomic mass is 16.5. The maximum absolute atomic E-state index is 11.3. The Balaban J connectivity index is 2.76. The van der Waals surface area contributed by atoms with E-state index in [1.54, 1.807) is 14.0 Å². The number of esters is 1. The molecule has 92 valence electrons. The van der Waals surface area contributed by atoms with Crippen LogP contribution in [0.1, 0.15) is 20.8 Å². The number of hydrogen-bond donors (Lipinski definition) is 0. The van der Waals surface area contributed by atoms with Crippen LogP contribution in [0.3, 0.4) is 0 Å². The van der Waals surface area contributed by atoms with E-state index in [0.717, 1.165) is 0 Å². The van der Waals surface area contributed by atoms with Crippen LogP contribution in [0.2, 0.25) is 0 Å². The van der Waals surface area contributed by atoms with Crippen LogP contribution in [-0.4, -0.2) is 32.4 Å². The molecular formula is C12H20O4. The van der Waals surface area contributed by atoms with Gasteiger partial charge < -0.3 is 14.2 Å². The molecule has 0 aromatic heterocycles. The summed E-state index contributed by atoms with van der Waals surface area (Å²) >= 11 is 0. The van der Waals surface area contributed by atoms with Crippen molar-refractivity contribution in [3.63, 3.8) is 0 Å². The zero-order valence-electron chi connectivity index (χ0n) is 10.4. The molecule has 1 heterocycles. The summed E-state index contributed by atoms with van der Waals surface area (Å²) < 4.78 is 15.7. The minimum atomic E-state index is -0.347. The van der Waals surface area contributed by atoms with E-state index in [1.165, 1.54) is 6.08 Å². The Hall–Kier alpha value is -1.03. The van der Waals surface area contributed by atoms with Crippen LogP contribution < -0.4 is 0 Å². The molecule has 2 atom stereocenters. The van der Waals surface area contributed by atoms with Crippen molar-refractivity contribution >= 4 is 5.97 Å². The zero-order chi connectivity index (χ0) is 12.1. The monoisotopic (exact) mass is 228 g/mol. The lowest BCUT2D eigenvalue weighted by molar-refractivity contribution is -0.137. The van der Waals surface area contributed by atoms with Gasteiger partial charge in [0.25, 0.3) is 0 Å². The quantitative estimate of drug-likeness (QED) is 0.543. The van der Waals surface area contributed by atoms with Crippen LogP contribution in [0.5, 0.6) is 0 Å². The second-order valence-corrected chi connectivity index (χ2v) is 4.15. The SMILES string of the molecule is CCOC(=O)/C=C1/OC[C@@H](OC)[C@@H]1C(C)C. The maximum atomic E-state index is 11.3. The van der Waals surface area contributed by atoms with Crippen molar-refractivity contribution < 1.29 is 19.0 Å². The van der Waals surface area contributed by atoms with E-state index >= 15 is 0 Å². The maximum Gasteiger partial charge on any atom is 0.334 e. The van der Waals surface area contributed by atoms with Crippen molar-refractivity contribution in [2.24, 2.45) is 11.8 Å². The van der Waals surface area contributed by atoms with Crippen molar-refractivity contribution in [3.8, 4) is 0 Å². The highest BCUT2D eigenvalue weighted by Gasteiger charge is 2.36. The average Bonchev–Trinajstić information content (AvgIpc) is 2.61. The lowest BCUT2D eigenvalue weighted by Gasteiger charge is -2.19. The molecule has 0 radical (unpaired) electrons. The molecule has 1 aliphatic heterocycles. The molecule has 1 rings (SSSR count). The summed E-state index contributed by atoms with van der Waals surface area (Å²) in [4.78, 5) is 11.3. The van der Waals surface area contributed by atoms with Gasteiger partial charge in [-0.1, -0.05) is 13.8 Å². The fourth-order valence-electron chi connectivity index (χ4n) is 1.97. The predicted molar refractivity (Wildman–Crippen MR) is 59.8 cm³/mol. The van der Waals surface area contributed by atoms with E-state index in [4.69, 9.17) is 14.2 Å². The molecule has 1 aliphatic rings. The summed E-state index contributed by atoms with van der Waals surface area (Å²) in [6.45, 7) is 6.84. The van der Waals surface area contributed by atoms with E-state index < -0.39 is 0 Å². The summed E-state index contributed by atoms with van der Waals surface area (Å²) in [6, 6.07) is 0. The molecule has 0 unspecified atom stereocenters. The standard InChI is InChI=1S/C12H20O4/c1-5-15-11(13)6-9-12(8(2)3)10(14-4)7-16-9/h6,8,10,12H,5,7H2,1-4H3/b9-6+/t10-,12-/m1/s1. The lowest BCUT2D eigenvalue weighted by Crippen LogP contribution is -2.24. The van der Waals surface area contributed by atoms with Crippen LogP contribution in [0.25, 0.3) is 0 Å². The van der Waals surface area contributed by atoms with Crippen LogP contribution in [-0.2, 0) is 19.0 Å². The fraction of sp³-hybridized carbons (Fsp3) is 0.750. The molecule has 1 fully saturated rings. The highest BCUT2D eigenvalue weighted by molar-refractivity contribution is 5.82. The van der Waals surface area contributed by atoms with Crippen molar-refractivity contribution in [2.75, 3.05) is 20.3 Å². The third-order valence-electron chi connectivity index (χ3n) is 2.71. The van der Waals surface area contributed by atoms with E-state index in [-0.39, 0.29) is 18.0 Å². The Morgan fingerprint density at radius 3 is 2.81 bits per heavy atom. The van der Waals surface area contributed by atoms with Gasteiger partial charge in [0, 0.05) is 13.0 Å². The fourth-order valence-corrected chi connectivity index (χ4v) is 1.97. The Bertz CT molecular complexity index is 270.